The Bertz CT molecular complexity index is 514. The molecule has 1 saturated carbocycles. The molecule has 2 unspecified atom stereocenters. The summed E-state index contributed by atoms with van der Waals surface area (Å²) >= 11 is 0. The smallest absolute Gasteiger partial charge is 0.175 e. The number of hydrogen-bond donors (Lipinski definition) is 2. The summed E-state index contributed by atoms with van der Waals surface area (Å²) in [6.07, 6.45) is 4.76. The van der Waals surface area contributed by atoms with E-state index in [0.717, 1.165) is 24.2 Å². The molecule has 5 heteroatoms. The fourth-order valence-corrected chi connectivity index (χ4v) is 2.91. The van der Waals surface area contributed by atoms with E-state index in [9.17, 15) is 0 Å². The molecule has 110 valence electrons. The highest BCUT2D eigenvalue weighted by Gasteiger charge is 2.23. The monoisotopic (exact) mass is 277 g/mol. The summed E-state index contributed by atoms with van der Waals surface area (Å²) in [5.74, 6) is 1.41. The van der Waals surface area contributed by atoms with Crippen molar-refractivity contribution in [1.82, 2.24) is 4.98 Å². The molecule has 0 radical (unpaired) electrons. The quantitative estimate of drug-likeness (QED) is 0.385. The van der Waals surface area contributed by atoms with Crippen molar-refractivity contribution in [2.75, 3.05) is 0 Å². The molecule has 2 atom stereocenters. The minimum absolute atomic E-state index is 0.0499. The third kappa shape index (κ3) is 3.21. The number of pyridine rings is 1. The van der Waals surface area contributed by atoms with Crippen molar-refractivity contribution in [2.24, 2.45) is 16.8 Å². The molecule has 20 heavy (non-hydrogen) atoms. The topological polar surface area (TPSA) is 80.7 Å². The third-order valence-electron chi connectivity index (χ3n) is 3.84. The lowest BCUT2D eigenvalue weighted by Crippen LogP contribution is -2.26. The predicted molar refractivity (Wildman–Crippen MR) is 78.3 cm³/mol. The van der Waals surface area contributed by atoms with E-state index >= 15 is 0 Å². The van der Waals surface area contributed by atoms with Gasteiger partial charge in [-0.3, -0.25) is 4.98 Å². The maximum absolute atomic E-state index is 8.93. The van der Waals surface area contributed by atoms with Gasteiger partial charge in [0.1, 0.15) is 5.75 Å². The highest BCUT2D eigenvalue weighted by molar-refractivity contribution is 6.00. The van der Waals surface area contributed by atoms with Gasteiger partial charge in [-0.2, -0.15) is 0 Å². The average molecular weight is 277 g/mol. The first kappa shape index (κ1) is 14.6. The number of hydrogen-bond acceptors (Lipinski definition) is 4. The van der Waals surface area contributed by atoms with Crippen LogP contribution < -0.4 is 10.5 Å². The van der Waals surface area contributed by atoms with Gasteiger partial charge in [0.25, 0.3) is 0 Å². The lowest BCUT2D eigenvalue weighted by molar-refractivity contribution is 0.128. The van der Waals surface area contributed by atoms with Gasteiger partial charge in [0.15, 0.2) is 5.84 Å². The molecule has 0 aliphatic heterocycles. The summed E-state index contributed by atoms with van der Waals surface area (Å²) in [6, 6.07) is 1.86. The number of nitrogens with two attached hydrogens (primary N) is 1. The lowest BCUT2D eigenvalue weighted by Gasteiger charge is -2.28. The summed E-state index contributed by atoms with van der Waals surface area (Å²) in [5.41, 5.74) is 7.94. The summed E-state index contributed by atoms with van der Waals surface area (Å²) in [7, 11) is 0. The van der Waals surface area contributed by atoms with Crippen molar-refractivity contribution in [3.63, 3.8) is 0 Å². The van der Waals surface area contributed by atoms with Crippen LogP contribution in [0.25, 0.3) is 0 Å². The first-order valence-electron chi connectivity index (χ1n) is 7.14. The molecule has 1 heterocycles. The van der Waals surface area contributed by atoms with E-state index in [-0.39, 0.29) is 11.9 Å². The Kier molecular flexibility index (Phi) is 4.47. The van der Waals surface area contributed by atoms with Gasteiger partial charge in [-0.1, -0.05) is 18.5 Å². The Morgan fingerprint density at radius 1 is 1.45 bits per heavy atom. The Morgan fingerprint density at radius 2 is 2.20 bits per heavy atom. The second-order valence-corrected chi connectivity index (χ2v) is 5.72. The van der Waals surface area contributed by atoms with Crippen molar-refractivity contribution in [3.8, 4) is 5.75 Å². The van der Waals surface area contributed by atoms with Gasteiger partial charge >= 0.3 is 0 Å². The van der Waals surface area contributed by atoms with Crippen LogP contribution in [0.4, 0.5) is 0 Å². The van der Waals surface area contributed by atoms with Gasteiger partial charge in [-0.05, 0) is 39.0 Å². The Balaban J connectivity index is 2.30. The summed E-state index contributed by atoms with van der Waals surface area (Å²) in [4.78, 5) is 4.36. The van der Waals surface area contributed by atoms with Crippen molar-refractivity contribution in [1.29, 1.82) is 0 Å². The lowest BCUT2D eigenvalue weighted by atomic mass is 9.88. The number of amidine groups is 1. The SMILES string of the molecule is Cc1cc(OC2CCCC(C)C2)c(/C(N)=N/O)c(C)n1. The molecule has 0 amide bonds. The standard InChI is InChI=1S/C15H23N3O2/c1-9-5-4-6-12(7-9)20-13-8-10(2)17-11(3)14(13)15(16)18-19/h8-9,12,19H,4-7H2,1-3H3,(H2,16,18). The Labute approximate surface area is 119 Å². The van der Waals surface area contributed by atoms with E-state index in [2.05, 4.69) is 17.1 Å². The van der Waals surface area contributed by atoms with Crippen LogP contribution in [0.15, 0.2) is 11.2 Å². The van der Waals surface area contributed by atoms with E-state index in [1.54, 1.807) is 0 Å². The highest BCUT2D eigenvalue weighted by Crippen LogP contribution is 2.30. The van der Waals surface area contributed by atoms with Crippen LogP contribution in [0.3, 0.4) is 0 Å². The number of ether oxygens (including phenoxy) is 1. The molecule has 1 fully saturated rings. The molecule has 1 aromatic heterocycles. The second kappa shape index (κ2) is 6.11. The normalized spacial score (nSPS) is 23.6. The number of aryl methyl sites for hydroxylation is 2. The van der Waals surface area contributed by atoms with Gasteiger partial charge in [0, 0.05) is 11.8 Å². The van der Waals surface area contributed by atoms with E-state index in [1.165, 1.54) is 12.8 Å². The molecule has 1 aromatic rings. The largest absolute Gasteiger partial charge is 0.490 e. The van der Waals surface area contributed by atoms with Crippen molar-refractivity contribution in [3.05, 3.63) is 23.0 Å². The highest BCUT2D eigenvalue weighted by atomic mass is 16.5. The maximum Gasteiger partial charge on any atom is 0.175 e. The summed E-state index contributed by atoms with van der Waals surface area (Å²) in [6.45, 7) is 6.01. The minimum atomic E-state index is 0.0499. The van der Waals surface area contributed by atoms with Crippen molar-refractivity contribution >= 4 is 5.84 Å². The first-order chi connectivity index (χ1) is 9.51. The summed E-state index contributed by atoms with van der Waals surface area (Å²) in [5, 5.41) is 12.0. The number of rotatable bonds is 3. The summed E-state index contributed by atoms with van der Waals surface area (Å²) < 4.78 is 6.13. The fraction of sp³-hybridized carbons (Fsp3) is 0.600. The van der Waals surface area contributed by atoms with E-state index in [4.69, 9.17) is 15.7 Å². The Hall–Kier alpha value is -1.78. The molecule has 0 spiro atoms. The number of aromatic nitrogens is 1. The van der Waals surface area contributed by atoms with E-state index in [0.29, 0.717) is 17.2 Å². The van der Waals surface area contributed by atoms with Crippen LogP contribution >= 0.6 is 0 Å². The molecule has 1 aliphatic carbocycles. The zero-order valence-electron chi connectivity index (χ0n) is 12.4. The van der Waals surface area contributed by atoms with Crippen LogP contribution in [0, 0.1) is 19.8 Å². The molecular formula is C15H23N3O2. The van der Waals surface area contributed by atoms with E-state index < -0.39 is 0 Å². The van der Waals surface area contributed by atoms with Gasteiger partial charge in [-0.15, -0.1) is 0 Å². The number of nitrogens with zero attached hydrogens (tertiary/aromatic N) is 2. The van der Waals surface area contributed by atoms with Crippen LogP contribution in [0.5, 0.6) is 5.75 Å². The molecule has 5 nitrogen and oxygen atoms in total. The molecule has 0 aromatic carbocycles. The molecule has 0 bridgehead atoms. The molecule has 2 rings (SSSR count). The molecular weight excluding hydrogens is 254 g/mol. The van der Waals surface area contributed by atoms with Crippen LogP contribution in [-0.2, 0) is 0 Å². The van der Waals surface area contributed by atoms with Crippen molar-refractivity contribution in [2.45, 2.75) is 52.6 Å². The minimum Gasteiger partial charge on any atom is -0.490 e. The Morgan fingerprint density at radius 3 is 2.85 bits per heavy atom. The van der Waals surface area contributed by atoms with Gasteiger partial charge in [-0.25, -0.2) is 0 Å². The molecule has 1 aliphatic rings. The first-order valence-corrected chi connectivity index (χ1v) is 7.14. The van der Waals surface area contributed by atoms with Crippen molar-refractivity contribution < 1.29 is 9.94 Å². The van der Waals surface area contributed by atoms with Gasteiger partial charge in [0.05, 0.1) is 17.4 Å². The third-order valence-corrected chi connectivity index (χ3v) is 3.84. The fourth-order valence-electron chi connectivity index (χ4n) is 2.91. The number of oxime groups is 1. The zero-order valence-corrected chi connectivity index (χ0v) is 12.4. The van der Waals surface area contributed by atoms with Crippen LogP contribution in [0.2, 0.25) is 0 Å². The van der Waals surface area contributed by atoms with Gasteiger partial charge in [0.2, 0.25) is 0 Å². The molecule has 0 saturated heterocycles. The average Bonchev–Trinajstić information content (AvgIpc) is 2.37. The zero-order chi connectivity index (χ0) is 14.7. The predicted octanol–water partition coefficient (Wildman–Crippen LogP) is 2.75. The molecule has 3 N–H and O–H groups in total. The second-order valence-electron chi connectivity index (χ2n) is 5.72. The van der Waals surface area contributed by atoms with E-state index in [1.807, 2.05) is 19.9 Å². The maximum atomic E-state index is 8.93. The van der Waals surface area contributed by atoms with Crippen LogP contribution in [-0.4, -0.2) is 22.1 Å². The van der Waals surface area contributed by atoms with Crippen LogP contribution in [0.1, 0.15) is 49.6 Å². The van der Waals surface area contributed by atoms with Gasteiger partial charge < -0.3 is 15.7 Å².